The third kappa shape index (κ3) is 5.83. The molecular formula is C24H32N2O2. The summed E-state index contributed by atoms with van der Waals surface area (Å²) < 4.78 is 5.26. The van der Waals surface area contributed by atoms with Crippen molar-refractivity contribution >= 4 is 5.91 Å². The van der Waals surface area contributed by atoms with Gasteiger partial charge in [0.1, 0.15) is 5.75 Å². The second kappa shape index (κ2) is 10.3. The first-order valence-corrected chi connectivity index (χ1v) is 10.3. The number of piperidine rings is 1. The van der Waals surface area contributed by atoms with E-state index in [1.165, 1.54) is 16.7 Å². The molecule has 0 atom stereocenters. The van der Waals surface area contributed by atoms with E-state index in [2.05, 4.69) is 53.5 Å². The number of ether oxygens (including phenoxy) is 1. The van der Waals surface area contributed by atoms with Crippen molar-refractivity contribution in [2.24, 2.45) is 5.92 Å². The fourth-order valence-electron chi connectivity index (χ4n) is 3.86. The summed E-state index contributed by atoms with van der Waals surface area (Å²) in [7, 11) is 1.69. The van der Waals surface area contributed by atoms with E-state index in [0.29, 0.717) is 0 Å². The summed E-state index contributed by atoms with van der Waals surface area (Å²) in [4.78, 5) is 14.9. The maximum Gasteiger partial charge on any atom is 0.223 e. The summed E-state index contributed by atoms with van der Waals surface area (Å²) >= 11 is 0. The minimum atomic E-state index is 0.157. The van der Waals surface area contributed by atoms with Crippen molar-refractivity contribution in [3.63, 3.8) is 0 Å². The Kier molecular flexibility index (Phi) is 7.49. The van der Waals surface area contributed by atoms with E-state index in [1.807, 2.05) is 12.1 Å². The highest BCUT2D eigenvalue weighted by Gasteiger charge is 2.24. The summed E-state index contributed by atoms with van der Waals surface area (Å²) in [6.45, 7) is 5.88. The standard InChI is InChI=1S/C24H32N2O2/c1-19-7-3-4-10-22(19)18-26-15-12-21(13-16-26)24(27)25-14-6-9-20-8-5-11-23(17-20)28-2/h3-5,7-8,10-11,17,21H,6,9,12-16,18H2,1-2H3,(H,25,27). The highest BCUT2D eigenvalue weighted by atomic mass is 16.5. The molecule has 0 unspecified atom stereocenters. The molecule has 1 aliphatic heterocycles. The number of carbonyl (C=O) groups excluding carboxylic acids is 1. The normalized spacial score (nSPS) is 15.4. The van der Waals surface area contributed by atoms with E-state index < -0.39 is 0 Å². The molecule has 3 rings (SSSR count). The lowest BCUT2D eigenvalue weighted by atomic mass is 9.95. The van der Waals surface area contributed by atoms with E-state index in [1.54, 1.807) is 7.11 Å². The lowest BCUT2D eigenvalue weighted by Crippen LogP contribution is -2.40. The Morgan fingerprint density at radius 2 is 1.93 bits per heavy atom. The largest absolute Gasteiger partial charge is 0.497 e. The van der Waals surface area contributed by atoms with Crippen molar-refractivity contribution in [2.75, 3.05) is 26.7 Å². The third-order valence-corrected chi connectivity index (χ3v) is 5.69. The van der Waals surface area contributed by atoms with Gasteiger partial charge in [-0.3, -0.25) is 9.69 Å². The van der Waals surface area contributed by atoms with Crippen LogP contribution in [0.4, 0.5) is 0 Å². The molecule has 1 fully saturated rings. The molecule has 0 aromatic heterocycles. The molecule has 0 radical (unpaired) electrons. The first-order valence-electron chi connectivity index (χ1n) is 10.3. The summed E-state index contributed by atoms with van der Waals surface area (Å²) in [5.41, 5.74) is 3.99. The van der Waals surface area contributed by atoms with Gasteiger partial charge in [-0.05, 0) is 74.5 Å². The van der Waals surface area contributed by atoms with Gasteiger partial charge in [-0.2, -0.15) is 0 Å². The Labute approximate surface area is 168 Å². The van der Waals surface area contributed by atoms with Crippen LogP contribution in [0, 0.1) is 12.8 Å². The van der Waals surface area contributed by atoms with Crippen molar-refractivity contribution in [3.05, 3.63) is 65.2 Å². The molecule has 1 heterocycles. The lowest BCUT2D eigenvalue weighted by Gasteiger charge is -2.31. The van der Waals surface area contributed by atoms with Gasteiger partial charge < -0.3 is 10.1 Å². The molecule has 0 spiro atoms. The average molecular weight is 381 g/mol. The van der Waals surface area contributed by atoms with Crippen LogP contribution in [0.15, 0.2) is 48.5 Å². The Hall–Kier alpha value is -2.33. The molecule has 150 valence electrons. The maximum absolute atomic E-state index is 12.5. The van der Waals surface area contributed by atoms with Crippen LogP contribution in [0.2, 0.25) is 0 Å². The topological polar surface area (TPSA) is 41.6 Å². The number of rotatable bonds is 8. The number of methoxy groups -OCH3 is 1. The Morgan fingerprint density at radius 3 is 2.68 bits per heavy atom. The molecule has 1 aliphatic rings. The van der Waals surface area contributed by atoms with E-state index in [-0.39, 0.29) is 11.8 Å². The van der Waals surface area contributed by atoms with Gasteiger partial charge in [0, 0.05) is 19.0 Å². The molecule has 1 N–H and O–H groups in total. The zero-order valence-corrected chi connectivity index (χ0v) is 17.1. The van der Waals surface area contributed by atoms with Crippen LogP contribution in [-0.2, 0) is 17.8 Å². The van der Waals surface area contributed by atoms with E-state index in [9.17, 15) is 4.79 Å². The smallest absolute Gasteiger partial charge is 0.223 e. The summed E-state index contributed by atoms with van der Waals surface area (Å²) in [5.74, 6) is 1.27. The van der Waals surface area contributed by atoms with E-state index in [0.717, 1.165) is 57.6 Å². The molecular weight excluding hydrogens is 348 g/mol. The van der Waals surface area contributed by atoms with Gasteiger partial charge in [0.25, 0.3) is 0 Å². The van der Waals surface area contributed by atoms with Gasteiger partial charge in [0.2, 0.25) is 5.91 Å². The second-order valence-electron chi connectivity index (χ2n) is 7.72. The zero-order chi connectivity index (χ0) is 19.8. The highest BCUT2D eigenvalue weighted by Crippen LogP contribution is 2.20. The van der Waals surface area contributed by atoms with Crippen molar-refractivity contribution in [2.45, 2.75) is 39.2 Å². The maximum atomic E-state index is 12.5. The number of nitrogens with zero attached hydrogens (tertiary/aromatic N) is 1. The molecule has 4 heteroatoms. The van der Waals surface area contributed by atoms with Crippen molar-refractivity contribution in [1.29, 1.82) is 0 Å². The van der Waals surface area contributed by atoms with Crippen LogP contribution < -0.4 is 10.1 Å². The van der Waals surface area contributed by atoms with Gasteiger partial charge in [-0.1, -0.05) is 36.4 Å². The van der Waals surface area contributed by atoms with Gasteiger partial charge in [0.15, 0.2) is 0 Å². The summed E-state index contributed by atoms with van der Waals surface area (Å²) in [5, 5.41) is 3.14. The first kappa shape index (κ1) is 20.4. The quantitative estimate of drug-likeness (QED) is 0.705. The predicted octanol–water partition coefficient (Wildman–Crippen LogP) is 3.96. The van der Waals surface area contributed by atoms with Crippen molar-refractivity contribution < 1.29 is 9.53 Å². The van der Waals surface area contributed by atoms with Crippen molar-refractivity contribution in [3.8, 4) is 5.75 Å². The predicted molar refractivity (Wildman–Crippen MR) is 114 cm³/mol. The molecule has 1 saturated heterocycles. The number of hydrogen-bond acceptors (Lipinski definition) is 3. The van der Waals surface area contributed by atoms with Crippen LogP contribution in [0.1, 0.15) is 36.0 Å². The van der Waals surface area contributed by atoms with Crippen LogP contribution in [0.25, 0.3) is 0 Å². The monoisotopic (exact) mass is 380 g/mol. The number of nitrogens with one attached hydrogen (secondary N) is 1. The molecule has 2 aromatic carbocycles. The molecule has 2 aromatic rings. The Balaban J connectivity index is 1.35. The SMILES string of the molecule is COc1cccc(CCCNC(=O)C2CCN(Cc3ccccc3C)CC2)c1. The summed E-state index contributed by atoms with van der Waals surface area (Å²) in [6.07, 6.45) is 3.80. The number of amides is 1. The van der Waals surface area contributed by atoms with Gasteiger partial charge in [-0.25, -0.2) is 0 Å². The number of likely N-dealkylation sites (tertiary alicyclic amines) is 1. The average Bonchev–Trinajstić information content (AvgIpc) is 2.73. The van der Waals surface area contributed by atoms with Crippen molar-refractivity contribution in [1.82, 2.24) is 10.2 Å². The number of benzene rings is 2. The molecule has 4 nitrogen and oxygen atoms in total. The molecule has 0 aliphatic carbocycles. The fourth-order valence-corrected chi connectivity index (χ4v) is 3.86. The Morgan fingerprint density at radius 1 is 1.14 bits per heavy atom. The van der Waals surface area contributed by atoms with Crippen LogP contribution in [0.5, 0.6) is 5.75 Å². The number of hydrogen-bond donors (Lipinski definition) is 1. The molecule has 1 amide bonds. The van der Waals surface area contributed by atoms with Crippen LogP contribution in [0.3, 0.4) is 0 Å². The number of aryl methyl sites for hydroxylation is 2. The molecule has 0 saturated carbocycles. The van der Waals surface area contributed by atoms with E-state index in [4.69, 9.17) is 4.74 Å². The fraction of sp³-hybridized carbons (Fsp3) is 0.458. The highest BCUT2D eigenvalue weighted by molar-refractivity contribution is 5.78. The minimum absolute atomic E-state index is 0.157. The van der Waals surface area contributed by atoms with Gasteiger partial charge in [-0.15, -0.1) is 0 Å². The third-order valence-electron chi connectivity index (χ3n) is 5.69. The zero-order valence-electron chi connectivity index (χ0n) is 17.1. The van der Waals surface area contributed by atoms with Gasteiger partial charge >= 0.3 is 0 Å². The summed E-state index contributed by atoms with van der Waals surface area (Å²) in [6, 6.07) is 16.7. The minimum Gasteiger partial charge on any atom is -0.497 e. The van der Waals surface area contributed by atoms with Gasteiger partial charge in [0.05, 0.1) is 7.11 Å². The molecule has 0 bridgehead atoms. The first-order chi connectivity index (χ1) is 13.7. The second-order valence-corrected chi connectivity index (χ2v) is 7.72. The van der Waals surface area contributed by atoms with Crippen LogP contribution in [-0.4, -0.2) is 37.6 Å². The van der Waals surface area contributed by atoms with E-state index >= 15 is 0 Å². The van der Waals surface area contributed by atoms with Crippen LogP contribution >= 0.6 is 0 Å². The lowest BCUT2D eigenvalue weighted by molar-refractivity contribution is -0.126. The Bertz CT molecular complexity index is 767. The molecule has 28 heavy (non-hydrogen) atoms. The number of carbonyl (C=O) groups is 1.